The topological polar surface area (TPSA) is 32.3 Å². The molecule has 2 rings (SSSR count). The summed E-state index contributed by atoms with van der Waals surface area (Å²) in [4.78, 5) is 12.5. The monoisotopic (exact) mass is 334 g/mol. The molecule has 0 aliphatic heterocycles. The molecule has 0 aliphatic carbocycles. The van der Waals surface area contributed by atoms with Crippen molar-refractivity contribution < 1.29 is 9.18 Å². The second kappa shape index (κ2) is 7.11. The first-order valence-electron chi connectivity index (χ1n) is 7.35. The van der Waals surface area contributed by atoms with Crippen molar-refractivity contribution >= 4 is 17.5 Å². The van der Waals surface area contributed by atoms with Crippen LogP contribution in [0, 0.1) is 5.82 Å². The molecule has 23 heavy (non-hydrogen) atoms. The molecule has 122 valence electrons. The van der Waals surface area contributed by atoms with E-state index in [2.05, 4.69) is 5.43 Å². The Bertz CT molecular complexity index is 697. The van der Waals surface area contributed by atoms with Gasteiger partial charge in [0.2, 0.25) is 0 Å². The molecule has 1 amide bonds. The molecule has 0 bridgehead atoms. The largest absolute Gasteiger partial charge is 0.284 e. The summed E-state index contributed by atoms with van der Waals surface area (Å²) in [6.45, 7) is 6.09. The molecular weight excluding hydrogens is 315 g/mol. The third-order valence-electron chi connectivity index (χ3n) is 3.45. The van der Waals surface area contributed by atoms with Gasteiger partial charge in [-0.05, 0) is 39.0 Å². The standard InChI is InChI=1S/C18H20ClFN2O/c1-18(2,3)22(12-13-8-4-7-11-16(13)20)21-17(23)14-9-5-6-10-15(14)19/h4-11H,12H2,1-3H3,(H,21,23). The minimum atomic E-state index is -0.390. The fraction of sp³-hybridized carbons (Fsp3) is 0.278. The van der Waals surface area contributed by atoms with E-state index in [4.69, 9.17) is 11.6 Å². The zero-order valence-electron chi connectivity index (χ0n) is 13.4. The number of hydrogen-bond acceptors (Lipinski definition) is 2. The van der Waals surface area contributed by atoms with E-state index in [0.717, 1.165) is 0 Å². The first kappa shape index (κ1) is 17.4. The number of halogens is 2. The molecule has 1 N–H and O–H groups in total. The highest BCUT2D eigenvalue weighted by atomic mass is 35.5. The summed E-state index contributed by atoms with van der Waals surface area (Å²) in [5.41, 5.74) is 3.35. The van der Waals surface area contributed by atoms with Gasteiger partial charge in [-0.25, -0.2) is 9.40 Å². The van der Waals surface area contributed by atoms with Gasteiger partial charge in [0.1, 0.15) is 5.82 Å². The number of benzene rings is 2. The fourth-order valence-corrected chi connectivity index (χ4v) is 2.29. The lowest BCUT2D eigenvalue weighted by Gasteiger charge is -2.35. The Morgan fingerprint density at radius 2 is 1.74 bits per heavy atom. The molecule has 0 saturated heterocycles. The number of hydrazine groups is 1. The summed E-state index contributed by atoms with van der Waals surface area (Å²) in [7, 11) is 0. The molecule has 2 aromatic rings. The maximum atomic E-state index is 13.9. The molecule has 0 heterocycles. The number of hydrogen-bond donors (Lipinski definition) is 1. The van der Waals surface area contributed by atoms with Crippen molar-refractivity contribution in [3.8, 4) is 0 Å². The average molecular weight is 335 g/mol. The van der Waals surface area contributed by atoms with Crippen LogP contribution >= 0.6 is 11.6 Å². The van der Waals surface area contributed by atoms with E-state index in [1.807, 2.05) is 20.8 Å². The first-order chi connectivity index (χ1) is 10.8. The molecule has 5 heteroatoms. The molecule has 0 saturated carbocycles. The van der Waals surface area contributed by atoms with Crippen LogP contribution in [0.5, 0.6) is 0 Å². The van der Waals surface area contributed by atoms with Gasteiger partial charge in [0.25, 0.3) is 5.91 Å². The first-order valence-corrected chi connectivity index (χ1v) is 7.73. The van der Waals surface area contributed by atoms with Gasteiger partial charge in [-0.1, -0.05) is 41.9 Å². The lowest BCUT2D eigenvalue weighted by molar-refractivity contribution is 0.0455. The van der Waals surface area contributed by atoms with Crippen LogP contribution in [0.15, 0.2) is 48.5 Å². The smallest absolute Gasteiger partial charge is 0.267 e. The van der Waals surface area contributed by atoms with Crippen LogP contribution in [-0.2, 0) is 6.54 Å². The molecule has 0 fully saturated rings. The SMILES string of the molecule is CC(C)(C)N(Cc1ccccc1F)NC(=O)c1ccccc1Cl. The molecule has 3 nitrogen and oxygen atoms in total. The highest BCUT2D eigenvalue weighted by Gasteiger charge is 2.25. The molecule has 0 aromatic heterocycles. The highest BCUT2D eigenvalue weighted by molar-refractivity contribution is 6.33. The van der Waals surface area contributed by atoms with Crippen molar-refractivity contribution in [1.29, 1.82) is 0 Å². The Kier molecular flexibility index (Phi) is 5.39. The van der Waals surface area contributed by atoms with Crippen LogP contribution in [0.4, 0.5) is 4.39 Å². The Morgan fingerprint density at radius 1 is 1.13 bits per heavy atom. The molecular formula is C18H20ClFN2O. The third kappa shape index (κ3) is 4.53. The number of amides is 1. The maximum absolute atomic E-state index is 13.9. The quantitative estimate of drug-likeness (QED) is 0.839. The molecule has 2 aromatic carbocycles. The zero-order valence-corrected chi connectivity index (χ0v) is 14.2. The van der Waals surface area contributed by atoms with E-state index >= 15 is 0 Å². The van der Waals surface area contributed by atoms with Crippen molar-refractivity contribution in [2.24, 2.45) is 0 Å². The Balaban J connectivity index is 2.22. The molecule has 0 radical (unpaired) electrons. The number of nitrogens with zero attached hydrogens (tertiary/aromatic N) is 1. The summed E-state index contributed by atoms with van der Waals surface area (Å²) in [5.74, 6) is -0.615. The molecule has 0 spiro atoms. The third-order valence-corrected chi connectivity index (χ3v) is 3.78. The van der Waals surface area contributed by atoms with Crippen molar-refractivity contribution in [3.05, 3.63) is 70.5 Å². The highest BCUT2D eigenvalue weighted by Crippen LogP contribution is 2.19. The normalized spacial score (nSPS) is 11.6. The second-order valence-electron chi connectivity index (χ2n) is 6.27. The lowest BCUT2D eigenvalue weighted by atomic mass is 10.1. The molecule has 0 aliphatic rings. The van der Waals surface area contributed by atoms with Gasteiger partial charge in [-0.15, -0.1) is 0 Å². The fourth-order valence-electron chi connectivity index (χ4n) is 2.07. The van der Waals surface area contributed by atoms with E-state index in [0.29, 0.717) is 16.1 Å². The number of carbonyl (C=O) groups excluding carboxylic acids is 1. The number of nitrogens with one attached hydrogen (secondary N) is 1. The van der Waals surface area contributed by atoms with Crippen LogP contribution in [-0.4, -0.2) is 16.5 Å². The number of carbonyl (C=O) groups is 1. The van der Waals surface area contributed by atoms with Crippen LogP contribution in [0.3, 0.4) is 0 Å². The average Bonchev–Trinajstić information content (AvgIpc) is 2.48. The van der Waals surface area contributed by atoms with Gasteiger partial charge in [-0.2, -0.15) is 0 Å². The van der Waals surface area contributed by atoms with Gasteiger partial charge in [0.05, 0.1) is 10.6 Å². The van der Waals surface area contributed by atoms with Crippen LogP contribution in [0.25, 0.3) is 0 Å². The predicted molar refractivity (Wildman–Crippen MR) is 90.6 cm³/mol. The van der Waals surface area contributed by atoms with Crippen LogP contribution in [0.1, 0.15) is 36.7 Å². The van der Waals surface area contributed by atoms with E-state index in [1.54, 1.807) is 47.5 Å². The molecule has 0 atom stereocenters. The van der Waals surface area contributed by atoms with E-state index in [-0.39, 0.29) is 23.8 Å². The van der Waals surface area contributed by atoms with Crippen molar-refractivity contribution in [2.45, 2.75) is 32.9 Å². The van der Waals surface area contributed by atoms with Gasteiger partial charge in [0, 0.05) is 17.6 Å². The molecule has 0 unspecified atom stereocenters. The summed E-state index contributed by atoms with van der Waals surface area (Å²) >= 11 is 6.06. The van der Waals surface area contributed by atoms with Crippen molar-refractivity contribution in [1.82, 2.24) is 10.4 Å². The zero-order chi connectivity index (χ0) is 17.0. The van der Waals surface area contributed by atoms with E-state index in [9.17, 15) is 9.18 Å². The number of rotatable bonds is 4. The Hall–Kier alpha value is -1.91. The Morgan fingerprint density at radius 3 is 2.35 bits per heavy atom. The van der Waals surface area contributed by atoms with Crippen LogP contribution in [0.2, 0.25) is 5.02 Å². The minimum Gasteiger partial charge on any atom is -0.284 e. The summed E-state index contributed by atoms with van der Waals surface area (Å²) < 4.78 is 13.9. The Labute approximate surface area is 141 Å². The maximum Gasteiger partial charge on any atom is 0.267 e. The summed E-state index contributed by atoms with van der Waals surface area (Å²) in [5, 5.41) is 2.08. The minimum absolute atomic E-state index is 0.256. The van der Waals surface area contributed by atoms with Gasteiger partial charge in [0.15, 0.2) is 0 Å². The van der Waals surface area contributed by atoms with E-state index in [1.165, 1.54) is 6.07 Å². The van der Waals surface area contributed by atoms with Crippen molar-refractivity contribution in [3.63, 3.8) is 0 Å². The van der Waals surface area contributed by atoms with Crippen molar-refractivity contribution in [2.75, 3.05) is 0 Å². The van der Waals surface area contributed by atoms with Gasteiger partial charge in [-0.3, -0.25) is 10.2 Å². The van der Waals surface area contributed by atoms with Gasteiger partial charge >= 0.3 is 0 Å². The predicted octanol–water partition coefficient (Wildman–Crippen LogP) is 4.42. The van der Waals surface area contributed by atoms with Crippen LogP contribution < -0.4 is 5.43 Å². The summed E-state index contributed by atoms with van der Waals surface area (Å²) in [6.07, 6.45) is 0. The second-order valence-corrected chi connectivity index (χ2v) is 6.68. The van der Waals surface area contributed by atoms with Gasteiger partial charge < -0.3 is 0 Å². The van der Waals surface area contributed by atoms with E-state index < -0.39 is 0 Å². The lowest BCUT2D eigenvalue weighted by Crippen LogP contribution is -2.52. The summed E-state index contributed by atoms with van der Waals surface area (Å²) in [6, 6.07) is 13.4.